The van der Waals surface area contributed by atoms with Gasteiger partial charge in [-0.05, 0) is 47.0 Å². The Morgan fingerprint density at radius 2 is 2.29 bits per heavy atom. The van der Waals surface area contributed by atoms with Crippen molar-refractivity contribution in [2.24, 2.45) is 0 Å². The highest BCUT2D eigenvalue weighted by molar-refractivity contribution is 7.07. The minimum atomic E-state index is -0.571. The molecule has 0 aliphatic carbocycles. The van der Waals surface area contributed by atoms with Gasteiger partial charge in [-0.2, -0.15) is 11.3 Å². The SMILES string of the molecule is COc1ccc(Cl)cc1C(=O)NCCC(O)c1ccsc1. The summed E-state index contributed by atoms with van der Waals surface area (Å²) in [5, 5.41) is 17.0. The van der Waals surface area contributed by atoms with E-state index in [4.69, 9.17) is 16.3 Å². The molecule has 0 aliphatic rings. The van der Waals surface area contributed by atoms with Crippen LogP contribution in [0.25, 0.3) is 0 Å². The minimum absolute atomic E-state index is 0.271. The molecule has 0 aliphatic heterocycles. The highest BCUT2D eigenvalue weighted by atomic mass is 35.5. The zero-order chi connectivity index (χ0) is 15.2. The third-order valence-corrected chi connectivity index (χ3v) is 3.97. The van der Waals surface area contributed by atoms with E-state index in [1.807, 2.05) is 16.8 Å². The van der Waals surface area contributed by atoms with E-state index < -0.39 is 6.10 Å². The Morgan fingerprint density at radius 1 is 1.48 bits per heavy atom. The maximum atomic E-state index is 12.1. The summed E-state index contributed by atoms with van der Waals surface area (Å²) in [6.07, 6.45) is -0.122. The van der Waals surface area contributed by atoms with Crippen LogP contribution in [0.5, 0.6) is 5.75 Å². The number of aliphatic hydroxyl groups is 1. The van der Waals surface area contributed by atoms with Crippen LogP contribution in [0, 0.1) is 0 Å². The van der Waals surface area contributed by atoms with E-state index in [0.717, 1.165) is 5.56 Å². The molecule has 1 aromatic carbocycles. The normalized spacial score (nSPS) is 12.0. The van der Waals surface area contributed by atoms with Crippen LogP contribution in [-0.4, -0.2) is 24.7 Å². The lowest BCUT2D eigenvalue weighted by Gasteiger charge is -2.12. The van der Waals surface area contributed by atoms with Crippen molar-refractivity contribution in [2.45, 2.75) is 12.5 Å². The second-order valence-electron chi connectivity index (χ2n) is 4.46. The van der Waals surface area contributed by atoms with E-state index in [0.29, 0.717) is 29.3 Å². The highest BCUT2D eigenvalue weighted by Crippen LogP contribution is 2.23. The van der Waals surface area contributed by atoms with Gasteiger partial charge in [0.2, 0.25) is 0 Å². The Balaban J connectivity index is 1.91. The van der Waals surface area contributed by atoms with Gasteiger partial charge in [0.05, 0.1) is 18.8 Å². The van der Waals surface area contributed by atoms with Crippen molar-refractivity contribution in [3.8, 4) is 5.75 Å². The van der Waals surface area contributed by atoms with Gasteiger partial charge < -0.3 is 15.2 Å². The lowest BCUT2D eigenvalue weighted by atomic mass is 10.1. The summed E-state index contributed by atoms with van der Waals surface area (Å²) in [6.45, 7) is 0.367. The zero-order valence-electron chi connectivity index (χ0n) is 11.5. The number of thiophene rings is 1. The summed E-state index contributed by atoms with van der Waals surface area (Å²) < 4.78 is 5.14. The van der Waals surface area contributed by atoms with Crippen LogP contribution in [0.3, 0.4) is 0 Å². The summed E-state index contributed by atoms with van der Waals surface area (Å²) in [5.41, 5.74) is 1.25. The molecule has 1 heterocycles. The van der Waals surface area contributed by atoms with Crippen molar-refractivity contribution in [1.82, 2.24) is 5.32 Å². The number of aliphatic hydroxyl groups excluding tert-OH is 1. The molecule has 0 saturated carbocycles. The van der Waals surface area contributed by atoms with E-state index in [-0.39, 0.29) is 5.91 Å². The Bertz CT molecular complexity index is 601. The van der Waals surface area contributed by atoms with Gasteiger partial charge in [-0.15, -0.1) is 0 Å². The first-order chi connectivity index (χ1) is 10.1. The Kier molecular flexibility index (Phi) is 5.61. The van der Waals surface area contributed by atoms with E-state index in [1.54, 1.807) is 18.2 Å². The summed E-state index contributed by atoms with van der Waals surface area (Å²) in [6, 6.07) is 6.75. The summed E-state index contributed by atoms with van der Waals surface area (Å²) in [5.74, 6) is 0.196. The maximum absolute atomic E-state index is 12.1. The van der Waals surface area contributed by atoms with Gasteiger partial charge in [0.1, 0.15) is 5.75 Å². The van der Waals surface area contributed by atoms with Crippen molar-refractivity contribution in [2.75, 3.05) is 13.7 Å². The van der Waals surface area contributed by atoms with Crippen molar-refractivity contribution in [3.05, 3.63) is 51.2 Å². The fourth-order valence-corrected chi connectivity index (χ4v) is 2.79. The van der Waals surface area contributed by atoms with Crippen LogP contribution >= 0.6 is 22.9 Å². The van der Waals surface area contributed by atoms with Crippen LogP contribution < -0.4 is 10.1 Å². The first-order valence-corrected chi connectivity index (χ1v) is 7.76. The fraction of sp³-hybridized carbons (Fsp3) is 0.267. The first kappa shape index (κ1) is 15.8. The molecule has 0 bridgehead atoms. The summed E-state index contributed by atoms with van der Waals surface area (Å²) in [4.78, 5) is 12.1. The first-order valence-electron chi connectivity index (χ1n) is 6.43. The van der Waals surface area contributed by atoms with Crippen LogP contribution in [0.2, 0.25) is 5.02 Å². The van der Waals surface area contributed by atoms with Crippen LogP contribution in [0.15, 0.2) is 35.0 Å². The molecule has 0 fully saturated rings. The summed E-state index contributed by atoms with van der Waals surface area (Å²) >= 11 is 7.43. The topological polar surface area (TPSA) is 58.6 Å². The number of halogens is 1. The average Bonchev–Trinajstić information content (AvgIpc) is 3.01. The van der Waals surface area contributed by atoms with Crippen LogP contribution in [0.1, 0.15) is 28.4 Å². The lowest BCUT2D eigenvalue weighted by Crippen LogP contribution is -2.26. The third-order valence-electron chi connectivity index (χ3n) is 3.04. The number of carbonyl (C=O) groups excluding carboxylic acids is 1. The van der Waals surface area contributed by atoms with Crippen LogP contribution in [0.4, 0.5) is 0 Å². The van der Waals surface area contributed by atoms with Crippen molar-refractivity contribution in [1.29, 1.82) is 0 Å². The molecule has 0 radical (unpaired) electrons. The van der Waals surface area contributed by atoms with Gasteiger partial charge in [0.15, 0.2) is 0 Å². The van der Waals surface area contributed by atoms with E-state index in [1.165, 1.54) is 18.4 Å². The molecule has 1 aromatic heterocycles. The van der Waals surface area contributed by atoms with Gasteiger partial charge in [-0.25, -0.2) is 0 Å². The predicted molar refractivity (Wildman–Crippen MR) is 84.2 cm³/mol. The number of carbonyl (C=O) groups is 1. The molecule has 4 nitrogen and oxygen atoms in total. The molecular weight excluding hydrogens is 310 g/mol. The van der Waals surface area contributed by atoms with Crippen LogP contribution in [-0.2, 0) is 0 Å². The Morgan fingerprint density at radius 3 is 2.95 bits per heavy atom. The zero-order valence-corrected chi connectivity index (χ0v) is 13.1. The fourth-order valence-electron chi connectivity index (χ4n) is 1.91. The lowest BCUT2D eigenvalue weighted by molar-refractivity contribution is 0.0939. The van der Waals surface area contributed by atoms with E-state index in [2.05, 4.69) is 5.32 Å². The molecule has 2 rings (SSSR count). The second-order valence-corrected chi connectivity index (χ2v) is 5.68. The average molecular weight is 326 g/mol. The van der Waals surface area contributed by atoms with Gasteiger partial charge in [0.25, 0.3) is 5.91 Å². The number of benzene rings is 1. The second kappa shape index (κ2) is 7.45. The van der Waals surface area contributed by atoms with E-state index in [9.17, 15) is 9.90 Å². The molecule has 2 N–H and O–H groups in total. The number of nitrogens with one attached hydrogen (secondary N) is 1. The number of rotatable bonds is 6. The smallest absolute Gasteiger partial charge is 0.255 e. The predicted octanol–water partition coefficient (Wildman–Crippen LogP) is 3.26. The largest absolute Gasteiger partial charge is 0.496 e. The Labute approximate surface area is 132 Å². The molecule has 0 spiro atoms. The molecule has 1 amide bonds. The molecule has 0 saturated heterocycles. The molecule has 2 aromatic rings. The quantitative estimate of drug-likeness (QED) is 0.857. The number of hydrogen-bond donors (Lipinski definition) is 2. The summed E-state index contributed by atoms with van der Waals surface area (Å²) in [7, 11) is 1.50. The molecule has 6 heteroatoms. The third kappa shape index (κ3) is 4.20. The molecule has 21 heavy (non-hydrogen) atoms. The van der Waals surface area contributed by atoms with Gasteiger partial charge in [0, 0.05) is 11.6 Å². The minimum Gasteiger partial charge on any atom is -0.496 e. The molecular formula is C15H16ClNO3S. The number of hydrogen-bond acceptors (Lipinski definition) is 4. The highest BCUT2D eigenvalue weighted by Gasteiger charge is 2.14. The number of methoxy groups -OCH3 is 1. The van der Waals surface area contributed by atoms with Gasteiger partial charge >= 0.3 is 0 Å². The molecule has 112 valence electrons. The van der Waals surface area contributed by atoms with Gasteiger partial charge in [-0.1, -0.05) is 11.6 Å². The Hall–Kier alpha value is -1.56. The van der Waals surface area contributed by atoms with Crippen molar-refractivity contribution < 1.29 is 14.6 Å². The van der Waals surface area contributed by atoms with Crippen molar-refractivity contribution >= 4 is 28.8 Å². The molecule has 1 atom stereocenters. The standard InChI is InChI=1S/C15H16ClNO3S/c1-20-14-3-2-11(16)8-12(14)15(19)17-6-4-13(18)10-5-7-21-9-10/h2-3,5,7-9,13,18H,4,6H2,1H3,(H,17,19). The van der Waals surface area contributed by atoms with E-state index >= 15 is 0 Å². The number of ether oxygens (including phenoxy) is 1. The number of amides is 1. The monoisotopic (exact) mass is 325 g/mol. The maximum Gasteiger partial charge on any atom is 0.255 e. The van der Waals surface area contributed by atoms with Crippen molar-refractivity contribution in [3.63, 3.8) is 0 Å². The molecule has 1 unspecified atom stereocenters. The van der Waals surface area contributed by atoms with Gasteiger partial charge in [-0.3, -0.25) is 4.79 Å².